The molecule has 0 saturated heterocycles. The van der Waals surface area contributed by atoms with Crippen LogP contribution in [0.25, 0.3) is 22.0 Å². The number of nitrogens with zero attached hydrogens (tertiary/aromatic N) is 3. The van der Waals surface area contributed by atoms with E-state index in [1.54, 1.807) is 17.9 Å². The van der Waals surface area contributed by atoms with Crippen LogP contribution in [0, 0.1) is 20.8 Å². The molecule has 2 heterocycles. The molecule has 33 heavy (non-hydrogen) atoms. The van der Waals surface area contributed by atoms with Crippen LogP contribution in [0.4, 0.5) is 0 Å². The zero-order valence-corrected chi connectivity index (χ0v) is 19.4. The number of methoxy groups -OCH3 is 1. The lowest BCUT2D eigenvalue weighted by molar-refractivity contribution is -0.151. The smallest absolute Gasteiger partial charge is 0.340 e. The Morgan fingerprint density at radius 3 is 2.42 bits per heavy atom. The summed E-state index contributed by atoms with van der Waals surface area (Å²) in [5.74, 6) is -0.832. The highest BCUT2D eigenvalue weighted by atomic mass is 16.5. The zero-order valence-electron chi connectivity index (χ0n) is 19.4. The average molecular weight is 446 g/mol. The molecule has 0 fully saturated rings. The van der Waals surface area contributed by atoms with E-state index in [9.17, 15) is 14.7 Å². The molecule has 0 aliphatic rings. The summed E-state index contributed by atoms with van der Waals surface area (Å²) in [6.07, 6.45) is 0.0114. The lowest BCUT2D eigenvalue weighted by Gasteiger charge is -2.20. The number of pyridine rings is 1. The molecule has 1 atom stereocenters. The summed E-state index contributed by atoms with van der Waals surface area (Å²) in [5.41, 5.74) is 5.95. The SMILES string of the molecule is COC(=O)C(O)c1c(-c2ccc(C)c(C)c2)c2cnn(Cc3ccc(C)cc3)c2c(=O)n1C. The van der Waals surface area contributed by atoms with Crippen molar-refractivity contribution in [2.75, 3.05) is 7.11 Å². The van der Waals surface area contributed by atoms with Gasteiger partial charge >= 0.3 is 5.97 Å². The van der Waals surface area contributed by atoms with E-state index in [2.05, 4.69) is 5.10 Å². The van der Waals surface area contributed by atoms with Crippen LogP contribution in [0.1, 0.15) is 34.1 Å². The second-order valence-corrected chi connectivity index (χ2v) is 8.40. The Kier molecular flexibility index (Phi) is 5.91. The van der Waals surface area contributed by atoms with Gasteiger partial charge in [-0.15, -0.1) is 0 Å². The molecule has 1 unspecified atom stereocenters. The Morgan fingerprint density at radius 1 is 1.09 bits per heavy atom. The van der Waals surface area contributed by atoms with Crippen molar-refractivity contribution in [1.82, 2.24) is 14.3 Å². The fraction of sp³-hybridized carbons (Fsp3) is 0.269. The van der Waals surface area contributed by atoms with Crippen LogP contribution in [0.3, 0.4) is 0 Å². The predicted octanol–water partition coefficient (Wildman–Crippen LogP) is 3.58. The Bertz CT molecular complexity index is 1410. The van der Waals surface area contributed by atoms with Gasteiger partial charge in [0.05, 0.1) is 25.5 Å². The minimum Gasteiger partial charge on any atom is -0.467 e. The largest absolute Gasteiger partial charge is 0.467 e. The van der Waals surface area contributed by atoms with Crippen molar-refractivity contribution in [3.63, 3.8) is 0 Å². The van der Waals surface area contributed by atoms with E-state index in [0.29, 0.717) is 23.0 Å². The second-order valence-electron chi connectivity index (χ2n) is 8.40. The molecule has 0 aliphatic heterocycles. The third kappa shape index (κ3) is 3.96. The van der Waals surface area contributed by atoms with E-state index in [1.807, 2.05) is 63.2 Å². The molecule has 2 aromatic carbocycles. The number of benzene rings is 2. The normalized spacial score (nSPS) is 12.2. The van der Waals surface area contributed by atoms with Gasteiger partial charge in [0.1, 0.15) is 5.52 Å². The van der Waals surface area contributed by atoms with Crippen LogP contribution in [-0.4, -0.2) is 32.5 Å². The average Bonchev–Trinajstić information content (AvgIpc) is 3.22. The minimum atomic E-state index is -1.62. The molecule has 1 N–H and O–H groups in total. The molecular weight excluding hydrogens is 418 g/mol. The van der Waals surface area contributed by atoms with Gasteiger partial charge in [-0.25, -0.2) is 4.79 Å². The van der Waals surface area contributed by atoms with Crippen molar-refractivity contribution < 1.29 is 14.6 Å². The van der Waals surface area contributed by atoms with Crippen molar-refractivity contribution in [1.29, 1.82) is 0 Å². The molecule has 2 aromatic heterocycles. The van der Waals surface area contributed by atoms with E-state index in [4.69, 9.17) is 4.74 Å². The van der Waals surface area contributed by atoms with Gasteiger partial charge in [-0.2, -0.15) is 5.10 Å². The number of hydrogen-bond donors (Lipinski definition) is 1. The topological polar surface area (TPSA) is 86.3 Å². The highest BCUT2D eigenvalue weighted by Crippen LogP contribution is 2.35. The molecule has 0 aliphatic carbocycles. The molecule has 0 spiro atoms. The minimum absolute atomic E-state index is 0.178. The first-order chi connectivity index (χ1) is 15.7. The third-order valence-corrected chi connectivity index (χ3v) is 6.17. The molecular formula is C26H27N3O4. The van der Waals surface area contributed by atoms with Gasteiger partial charge in [0.25, 0.3) is 5.56 Å². The number of fused-ring (bicyclic) bond motifs is 1. The predicted molar refractivity (Wildman–Crippen MR) is 127 cm³/mol. The lowest BCUT2D eigenvalue weighted by Crippen LogP contribution is -2.28. The number of carbonyl (C=O) groups is 1. The first-order valence-corrected chi connectivity index (χ1v) is 10.7. The third-order valence-electron chi connectivity index (χ3n) is 6.17. The fourth-order valence-corrected chi connectivity index (χ4v) is 4.10. The maximum atomic E-state index is 13.4. The molecule has 7 nitrogen and oxygen atoms in total. The van der Waals surface area contributed by atoms with Crippen LogP contribution in [0.2, 0.25) is 0 Å². The van der Waals surface area contributed by atoms with Crippen LogP contribution in [0.15, 0.2) is 53.5 Å². The summed E-state index contributed by atoms with van der Waals surface area (Å²) in [6, 6.07) is 13.9. The van der Waals surface area contributed by atoms with Gasteiger partial charge < -0.3 is 14.4 Å². The van der Waals surface area contributed by atoms with Crippen molar-refractivity contribution in [3.05, 3.63) is 87.0 Å². The van der Waals surface area contributed by atoms with Crippen molar-refractivity contribution >= 4 is 16.9 Å². The molecule has 4 rings (SSSR count). The van der Waals surface area contributed by atoms with Crippen molar-refractivity contribution in [2.45, 2.75) is 33.4 Å². The molecule has 7 heteroatoms. The summed E-state index contributed by atoms with van der Waals surface area (Å²) in [4.78, 5) is 25.7. The summed E-state index contributed by atoms with van der Waals surface area (Å²) >= 11 is 0. The summed E-state index contributed by atoms with van der Waals surface area (Å²) in [5, 5.41) is 15.9. The van der Waals surface area contributed by atoms with Crippen LogP contribution in [0.5, 0.6) is 0 Å². The second kappa shape index (κ2) is 8.67. The number of hydrogen-bond acceptors (Lipinski definition) is 5. The maximum absolute atomic E-state index is 13.4. The number of esters is 1. The number of ether oxygens (including phenoxy) is 1. The highest BCUT2D eigenvalue weighted by molar-refractivity contribution is 5.97. The van der Waals surface area contributed by atoms with Crippen LogP contribution >= 0.6 is 0 Å². The van der Waals surface area contributed by atoms with Crippen molar-refractivity contribution in [3.8, 4) is 11.1 Å². The van der Waals surface area contributed by atoms with E-state index in [1.165, 1.54) is 11.7 Å². The van der Waals surface area contributed by atoms with Gasteiger partial charge in [-0.05, 0) is 43.0 Å². The van der Waals surface area contributed by atoms with Gasteiger partial charge in [-0.1, -0.05) is 48.0 Å². The van der Waals surface area contributed by atoms with E-state index in [-0.39, 0.29) is 11.3 Å². The first-order valence-electron chi connectivity index (χ1n) is 10.7. The molecule has 4 aromatic rings. The summed E-state index contributed by atoms with van der Waals surface area (Å²) in [6.45, 7) is 6.45. The Morgan fingerprint density at radius 2 is 1.79 bits per heavy atom. The standard InChI is InChI=1S/C26H27N3O4/c1-15-6-9-18(10-7-15)14-29-22-20(13-27-29)21(19-11-8-16(2)17(3)12-19)23(28(4)25(22)31)24(30)26(32)33-5/h6-13,24,30H,14H2,1-5H3. The monoisotopic (exact) mass is 445 g/mol. The van der Waals surface area contributed by atoms with E-state index in [0.717, 1.165) is 27.8 Å². The summed E-state index contributed by atoms with van der Waals surface area (Å²) in [7, 11) is 2.76. The summed E-state index contributed by atoms with van der Waals surface area (Å²) < 4.78 is 7.76. The molecule has 0 amide bonds. The first kappa shape index (κ1) is 22.5. The van der Waals surface area contributed by atoms with Gasteiger partial charge in [0, 0.05) is 18.0 Å². The van der Waals surface area contributed by atoms with Gasteiger partial charge in [-0.3, -0.25) is 9.48 Å². The van der Waals surface area contributed by atoms with Crippen LogP contribution in [-0.2, 0) is 23.1 Å². The fourth-order valence-electron chi connectivity index (χ4n) is 4.10. The van der Waals surface area contributed by atoms with Crippen LogP contribution < -0.4 is 5.56 Å². The van der Waals surface area contributed by atoms with E-state index < -0.39 is 12.1 Å². The number of aromatic nitrogens is 3. The molecule has 0 radical (unpaired) electrons. The Hall–Kier alpha value is -3.71. The number of carbonyl (C=O) groups excluding carboxylic acids is 1. The molecule has 170 valence electrons. The van der Waals surface area contributed by atoms with Crippen molar-refractivity contribution in [2.24, 2.45) is 7.05 Å². The van der Waals surface area contributed by atoms with Gasteiger partial charge in [0.2, 0.25) is 0 Å². The Labute approximate surface area is 191 Å². The van der Waals surface area contributed by atoms with Gasteiger partial charge in [0.15, 0.2) is 6.10 Å². The number of aliphatic hydroxyl groups excluding tert-OH is 1. The molecule has 0 saturated carbocycles. The lowest BCUT2D eigenvalue weighted by atomic mass is 9.94. The number of aliphatic hydroxyl groups is 1. The molecule has 0 bridgehead atoms. The number of rotatable bonds is 5. The zero-order chi connectivity index (χ0) is 23.9. The van der Waals surface area contributed by atoms with E-state index >= 15 is 0 Å². The highest BCUT2D eigenvalue weighted by Gasteiger charge is 2.29. The Balaban J connectivity index is 2.02. The quantitative estimate of drug-likeness (QED) is 0.475. The number of aryl methyl sites for hydroxylation is 3. The maximum Gasteiger partial charge on any atom is 0.340 e.